The summed E-state index contributed by atoms with van der Waals surface area (Å²) in [5.41, 5.74) is 0.897. The fraction of sp³-hybridized carbons (Fsp3) is 0.467. The molecule has 0 saturated heterocycles. The number of nitrogens with one attached hydrogen (secondary N) is 1. The predicted molar refractivity (Wildman–Crippen MR) is 80.4 cm³/mol. The molecule has 0 aromatic carbocycles. The van der Waals surface area contributed by atoms with Gasteiger partial charge in [0.05, 0.1) is 6.61 Å². The minimum Gasteiger partial charge on any atom is -0.394 e. The van der Waals surface area contributed by atoms with E-state index < -0.39 is 0 Å². The lowest BCUT2D eigenvalue weighted by molar-refractivity contribution is 0.154. The highest BCUT2D eigenvalue weighted by Gasteiger charge is 2.40. The van der Waals surface area contributed by atoms with E-state index in [9.17, 15) is 5.11 Å². The highest BCUT2D eigenvalue weighted by Crippen LogP contribution is 2.39. The van der Waals surface area contributed by atoms with E-state index in [-0.39, 0.29) is 12.1 Å². The Balaban J connectivity index is 1.66. The molecule has 2 N–H and O–H groups in total. The number of pyridine rings is 1. The van der Waals surface area contributed by atoms with Gasteiger partial charge in [0.1, 0.15) is 5.01 Å². The second-order valence-corrected chi connectivity index (χ2v) is 6.69. The van der Waals surface area contributed by atoms with Crippen molar-refractivity contribution in [3.05, 3.63) is 35.6 Å². The van der Waals surface area contributed by atoms with Crippen molar-refractivity contribution in [3.63, 3.8) is 0 Å². The summed E-state index contributed by atoms with van der Waals surface area (Å²) >= 11 is 1.67. The normalized spacial score (nSPS) is 17.9. The van der Waals surface area contributed by atoms with Crippen LogP contribution in [0, 0.1) is 5.92 Å². The molecule has 1 atom stereocenters. The van der Waals surface area contributed by atoms with E-state index in [0.29, 0.717) is 5.92 Å². The van der Waals surface area contributed by atoms with E-state index in [4.69, 9.17) is 0 Å². The molecule has 0 aliphatic heterocycles. The molecule has 2 aromatic rings. The zero-order valence-corrected chi connectivity index (χ0v) is 12.4. The first-order valence-electron chi connectivity index (χ1n) is 6.92. The fourth-order valence-electron chi connectivity index (χ4n) is 2.35. The molecule has 0 radical (unpaired) electrons. The molecule has 106 valence electrons. The van der Waals surface area contributed by atoms with Crippen LogP contribution in [0.25, 0.3) is 10.6 Å². The largest absolute Gasteiger partial charge is 0.394 e. The SMILES string of the molecule is CC(CO)(NCc1cnc(-c2cccnc2)s1)C1CC1. The van der Waals surface area contributed by atoms with Gasteiger partial charge < -0.3 is 10.4 Å². The Labute approximate surface area is 122 Å². The maximum atomic E-state index is 9.57. The van der Waals surface area contributed by atoms with Gasteiger partial charge in [-0.05, 0) is 37.8 Å². The van der Waals surface area contributed by atoms with Crippen molar-refractivity contribution in [1.82, 2.24) is 15.3 Å². The van der Waals surface area contributed by atoms with Crippen LogP contribution in [0.3, 0.4) is 0 Å². The van der Waals surface area contributed by atoms with Crippen molar-refractivity contribution in [3.8, 4) is 10.6 Å². The molecule has 5 heteroatoms. The van der Waals surface area contributed by atoms with Gasteiger partial charge in [0, 0.05) is 41.1 Å². The van der Waals surface area contributed by atoms with Crippen LogP contribution in [0.1, 0.15) is 24.6 Å². The van der Waals surface area contributed by atoms with Crippen LogP contribution in [0.2, 0.25) is 0 Å². The van der Waals surface area contributed by atoms with Crippen molar-refractivity contribution >= 4 is 11.3 Å². The summed E-state index contributed by atoms with van der Waals surface area (Å²) in [6, 6.07) is 3.94. The summed E-state index contributed by atoms with van der Waals surface area (Å²) in [5.74, 6) is 0.609. The Kier molecular flexibility index (Phi) is 3.83. The zero-order valence-electron chi connectivity index (χ0n) is 11.5. The molecule has 1 unspecified atom stereocenters. The molecule has 3 rings (SSSR count). The lowest BCUT2D eigenvalue weighted by Crippen LogP contribution is -2.47. The fourth-order valence-corrected chi connectivity index (χ4v) is 3.19. The monoisotopic (exact) mass is 289 g/mol. The molecule has 1 fully saturated rings. The van der Waals surface area contributed by atoms with Crippen molar-refractivity contribution in [2.75, 3.05) is 6.61 Å². The Hall–Kier alpha value is -1.30. The van der Waals surface area contributed by atoms with Gasteiger partial charge in [0.2, 0.25) is 0 Å². The van der Waals surface area contributed by atoms with Crippen molar-refractivity contribution < 1.29 is 5.11 Å². The third kappa shape index (κ3) is 2.90. The summed E-state index contributed by atoms with van der Waals surface area (Å²) in [7, 11) is 0. The van der Waals surface area contributed by atoms with Crippen molar-refractivity contribution in [1.29, 1.82) is 0 Å². The van der Waals surface area contributed by atoms with Crippen LogP contribution in [0.4, 0.5) is 0 Å². The quantitative estimate of drug-likeness (QED) is 0.857. The predicted octanol–water partition coefficient (Wildman–Crippen LogP) is 2.46. The minimum absolute atomic E-state index is 0.154. The Morgan fingerprint density at radius 2 is 2.30 bits per heavy atom. The number of thiazole rings is 1. The van der Waals surface area contributed by atoms with E-state index in [2.05, 4.69) is 22.2 Å². The molecular formula is C15H19N3OS. The molecule has 1 saturated carbocycles. The van der Waals surface area contributed by atoms with Gasteiger partial charge in [-0.3, -0.25) is 4.98 Å². The summed E-state index contributed by atoms with van der Waals surface area (Å²) in [4.78, 5) is 9.75. The molecule has 1 aliphatic rings. The Bertz CT molecular complexity index is 568. The molecule has 4 nitrogen and oxygen atoms in total. The van der Waals surface area contributed by atoms with Gasteiger partial charge in [-0.1, -0.05) is 0 Å². The molecular weight excluding hydrogens is 270 g/mol. The average Bonchev–Trinajstić information content (AvgIpc) is 3.25. The second-order valence-electron chi connectivity index (χ2n) is 5.58. The van der Waals surface area contributed by atoms with E-state index in [1.54, 1.807) is 17.5 Å². The average molecular weight is 289 g/mol. The third-order valence-electron chi connectivity index (χ3n) is 3.94. The van der Waals surface area contributed by atoms with Crippen molar-refractivity contribution in [2.45, 2.75) is 31.8 Å². The van der Waals surface area contributed by atoms with Crippen LogP contribution >= 0.6 is 11.3 Å². The Morgan fingerprint density at radius 3 is 2.95 bits per heavy atom. The second kappa shape index (κ2) is 5.60. The topological polar surface area (TPSA) is 58.0 Å². The van der Waals surface area contributed by atoms with E-state index >= 15 is 0 Å². The summed E-state index contributed by atoms with van der Waals surface area (Å²) in [6.07, 6.45) is 7.94. The van der Waals surface area contributed by atoms with Crippen LogP contribution in [-0.4, -0.2) is 27.2 Å². The minimum atomic E-state index is -0.154. The molecule has 2 aromatic heterocycles. The van der Waals surface area contributed by atoms with E-state index in [0.717, 1.165) is 17.1 Å². The lowest BCUT2D eigenvalue weighted by Gasteiger charge is -2.28. The first-order chi connectivity index (χ1) is 9.71. The molecule has 2 heterocycles. The lowest BCUT2D eigenvalue weighted by atomic mass is 9.97. The number of aromatic nitrogens is 2. The molecule has 0 spiro atoms. The summed E-state index contributed by atoms with van der Waals surface area (Å²) < 4.78 is 0. The number of nitrogens with zero attached hydrogens (tertiary/aromatic N) is 2. The zero-order chi connectivity index (χ0) is 14.0. The Morgan fingerprint density at radius 1 is 1.45 bits per heavy atom. The van der Waals surface area contributed by atoms with Gasteiger partial charge in [-0.15, -0.1) is 11.3 Å². The van der Waals surface area contributed by atoms with Crippen LogP contribution in [0.15, 0.2) is 30.7 Å². The highest BCUT2D eigenvalue weighted by molar-refractivity contribution is 7.15. The number of hydrogen-bond donors (Lipinski definition) is 2. The van der Waals surface area contributed by atoms with Crippen molar-refractivity contribution in [2.24, 2.45) is 5.92 Å². The van der Waals surface area contributed by atoms with Crippen LogP contribution in [0.5, 0.6) is 0 Å². The highest BCUT2D eigenvalue weighted by atomic mass is 32.1. The van der Waals surface area contributed by atoms with E-state index in [1.165, 1.54) is 17.7 Å². The van der Waals surface area contributed by atoms with Crippen LogP contribution < -0.4 is 5.32 Å². The number of aliphatic hydroxyl groups is 1. The maximum Gasteiger partial charge on any atom is 0.125 e. The molecule has 1 aliphatic carbocycles. The first-order valence-corrected chi connectivity index (χ1v) is 7.74. The molecule has 0 bridgehead atoms. The van der Waals surface area contributed by atoms with E-state index in [1.807, 2.05) is 24.5 Å². The van der Waals surface area contributed by atoms with Gasteiger partial charge in [-0.2, -0.15) is 0 Å². The summed E-state index contributed by atoms with van der Waals surface area (Å²) in [6.45, 7) is 3.05. The van der Waals surface area contributed by atoms with Gasteiger partial charge in [-0.25, -0.2) is 4.98 Å². The first kappa shape index (κ1) is 13.7. The summed E-state index contributed by atoms with van der Waals surface area (Å²) in [5, 5.41) is 14.1. The number of hydrogen-bond acceptors (Lipinski definition) is 5. The molecule has 0 amide bonds. The maximum absolute atomic E-state index is 9.57. The third-order valence-corrected chi connectivity index (χ3v) is 4.98. The smallest absolute Gasteiger partial charge is 0.125 e. The number of rotatable bonds is 6. The van der Waals surface area contributed by atoms with Crippen LogP contribution in [-0.2, 0) is 6.54 Å². The standard InChI is InChI=1S/C15H19N3OS/c1-15(10-19,12-4-5-12)18-9-13-8-17-14(20-13)11-3-2-6-16-7-11/h2-3,6-8,12,18-19H,4-5,9-10H2,1H3. The van der Waals surface area contributed by atoms with Gasteiger partial charge >= 0.3 is 0 Å². The number of aliphatic hydroxyl groups excluding tert-OH is 1. The van der Waals surface area contributed by atoms with Gasteiger partial charge in [0.25, 0.3) is 0 Å². The van der Waals surface area contributed by atoms with Gasteiger partial charge in [0.15, 0.2) is 0 Å². The molecule has 20 heavy (non-hydrogen) atoms.